The maximum atomic E-state index is 2.53. The Labute approximate surface area is 795 Å². The van der Waals surface area contributed by atoms with Crippen molar-refractivity contribution >= 4 is 34.1 Å². The molecule has 2 heteroatoms. The van der Waals surface area contributed by atoms with Gasteiger partial charge in [0, 0.05) is 55.8 Å². The van der Waals surface area contributed by atoms with E-state index in [9.17, 15) is 0 Å². The Morgan fingerprint density at radius 2 is 0.376 bits per heavy atom. The van der Waals surface area contributed by atoms with E-state index in [4.69, 9.17) is 0 Å². The molecule has 133 heavy (non-hydrogen) atoms. The van der Waals surface area contributed by atoms with Crippen molar-refractivity contribution in [1.82, 2.24) is 0 Å². The molecule has 16 aromatic rings. The molecule has 0 spiro atoms. The number of rotatable bonds is 12. The van der Waals surface area contributed by atoms with E-state index in [2.05, 4.69) is 517 Å². The molecule has 0 atom stereocenters. The lowest BCUT2D eigenvalue weighted by atomic mass is 9.75. The van der Waals surface area contributed by atoms with Crippen LogP contribution in [0.3, 0.4) is 0 Å². The van der Waals surface area contributed by atoms with Gasteiger partial charge < -0.3 is 9.80 Å². The highest BCUT2D eigenvalue weighted by Gasteiger charge is 2.43. The SMILES string of the molecule is Cc1ccc(N(c2ccc(-c3ccccc3)cc2)c2cc(-c3ccc4c(c3)C(C)(C)c3cc(C(C)(C)C)ccc3-4)c(C(C)(C)C)c(-c3ccc4c(c3)C(C)(C)c3cc(C(C)(C)C)ccc3-4)c2)cc1.Cc1ccc(N(c2ccc(-c3ccccc3)cc2)c2cc(-c3ccc4c(c3)C(C)(C)c3cc(C(C)(C)C)ccc3-4)c(C)c(-c3ccc4c(c3)C(C)(C)c3cc(C(C)(C)C)ccc3-4)c2)cc1. The molecule has 0 heterocycles. The lowest BCUT2D eigenvalue weighted by Gasteiger charge is -2.32. The van der Waals surface area contributed by atoms with Gasteiger partial charge in [0.05, 0.1) is 0 Å². The van der Waals surface area contributed by atoms with Gasteiger partial charge in [0.2, 0.25) is 0 Å². The first kappa shape index (κ1) is 89.3. The fourth-order valence-corrected chi connectivity index (χ4v) is 22.1. The molecule has 20 rings (SSSR count). The van der Waals surface area contributed by atoms with E-state index in [0.29, 0.717) is 0 Å². The van der Waals surface area contributed by atoms with E-state index in [1.807, 2.05) is 0 Å². The smallest absolute Gasteiger partial charge is 0.0474 e. The second-order valence-corrected chi connectivity index (χ2v) is 46.1. The summed E-state index contributed by atoms with van der Waals surface area (Å²) in [5.74, 6) is 0. The third-order valence-electron chi connectivity index (χ3n) is 30.2. The number of anilines is 6. The second-order valence-electron chi connectivity index (χ2n) is 46.1. The zero-order valence-electron chi connectivity index (χ0n) is 83.6. The quantitative estimate of drug-likeness (QED) is 0.120. The Hall–Kier alpha value is -12.9. The Balaban J connectivity index is 0.000000172. The van der Waals surface area contributed by atoms with Crippen LogP contribution < -0.4 is 9.80 Å². The number of aryl methyl sites for hydroxylation is 2. The zero-order valence-corrected chi connectivity index (χ0v) is 83.6. The summed E-state index contributed by atoms with van der Waals surface area (Å²) in [6.07, 6.45) is 0. The number of hydrogen-bond donors (Lipinski definition) is 0. The van der Waals surface area contributed by atoms with Gasteiger partial charge in [-0.2, -0.15) is 0 Å². The predicted octanol–water partition coefficient (Wildman–Crippen LogP) is 37.0. The van der Waals surface area contributed by atoms with Crippen molar-refractivity contribution in [3.05, 3.63) is 417 Å². The summed E-state index contributed by atoms with van der Waals surface area (Å²) in [6.45, 7) is 61.0. The van der Waals surface area contributed by atoms with E-state index < -0.39 is 0 Å². The Kier molecular flexibility index (Phi) is 21.6. The molecule has 0 amide bonds. The molecule has 0 fully saturated rings. The van der Waals surface area contributed by atoms with Gasteiger partial charge in [0.15, 0.2) is 0 Å². The highest BCUT2D eigenvalue weighted by atomic mass is 15.1. The second kappa shape index (κ2) is 32.2. The largest absolute Gasteiger partial charge is 0.310 e. The summed E-state index contributed by atoms with van der Waals surface area (Å²) in [7, 11) is 0. The molecule has 666 valence electrons. The average Bonchev–Trinajstić information content (AvgIpc) is 1.06. The molecule has 0 aromatic heterocycles. The normalized spacial score (nSPS) is 14.5. The van der Waals surface area contributed by atoms with Crippen LogP contribution in [0.1, 0.15) is 248 Å². The maximum absolute atomic E-state index is 2.53. The van der Waals surface area contributed by atoms with Crippen LogP contribution in [0.4, 0.5) is 34.1 Å². The van der Waals surface area contributed by atoms with E-state index in [1.54, 1.807) is 0 Å². The topological polar surface area (TPSA) is 6.48 Å². The van der Waals surface area contributed by atoms with Crippen molar-refractivity contribution in [1.29, 1.82) is 0 Å². The molecule has 16 aromatic carbocycles. The fraction of sp³-hybridized carbons (Fsp3) is 0.267. The van der Waals surface area contributed by atoms with E-state index in [0.717, 1.165) is 34.1 Å². The Morgan fingerprint density at radius 3 is 0.617 bits per heavy atom. The number of benzene rings is 16. The third-order valence-corrected chi connectivity index (χ3v) is 30.2. The van der Waals surface area contributed by atoms with E-state index >= 15 is 0 Å². The van der Waals surface area contributed by atoms with Gasteiger partial charge in [-0.15, -0.1) is 0 Å². The predicted molar refractivity (Wildman–Crippen MR) is 573 cm³/mol. The van der Waals surface area contributed by atoms with Gasteiger partial charge in [0.1, 0.15) is 0 Å². The minimum Gasteiger partial charge on any atom is -0.310 e. The third kappa shape index (κ3) is 15.8. The molecule has 4 aliphatic carbocycles. The molecule has 2 nitrogen and oxygen atoms in total. The van der Waals surface area contributed by atoms with Crippen LogP contribution >= 0.6 is 0 Å². The summed E-state index contributed by atoms with van der Waals surface area (Å²) in [6, 6.07) is 125. The van der Waals surface area contributed by atoms with E-state index in [-0.39, 0.29) is 48.7 Å². The number of fused-ring (bicyclic) bond motifs is 12. The molecule has 0 N–H and O–H groups in total. The monoisotopic (exact) mass is 1730 g/mol. The van der Waals surface area contributed by atoms with Crippen LogP contribution in [-0.2, 0) is 48.7 Å². The highest BCUT2D eigenvalue weighted by molar-refractivity contribution is 5.96. The summed E-state index contributed by atoms with van der Waals surface area (Å²) in [4.78, 5) is 4.92. The standard InChI is InChI=1S/C67H69N.C64H63N/c1-42-20-28-49(29-21-42)68(50-30-22-44(23-31-50)43-18-16-15-17-19-43)51-40-56(45-24-32-52-54-34-26-47(63(2,3)4)38-60(54)66(11,12)58(52)36-45)62(65(8,9)10)57(41-51)46-25-33-53-55-35-27-48(64(5,6)7)39-61(55)67(13,14)59(53)37-46;1-40-18-26-48(27-19-40)65(49-28-20-43(21-29-49)42-16-14-13-15-17-42)50-38-55(44-22-30-51-53-32-24-46(61(3,4)5)36-59(53)63(9,10)57(51)34-44)41(2)56(39-50)45-23-31-52-54-33-25-47(62(6,7)8)37-60(54)64(11,12)58(52)35-45/h15-41H,1-14H3;13-39H,1-12H3. The van der Waals surface area contributed by atoms with Crippen molar-refractivity contribution in [3.8, 4) is 111 Å². The van der Waals surface area contributed by atoms with Gasteiger partial charge in [-0.1, -0.05) is 401 Å². The number of nitrogens with zero attached hydrogens (tertiary/aromatic N) is 2. The summed E-state index contributed by atoms with van der Waals surface area (Å²) in [5, 5.41) is 0. The molecule has 0 aliphatic heterocycles. The maximum Gasteiger partial charge on any atom is 0.0474 e. The molecular weight excluding hydrogens is 1600 g/mol. The van der Waals surface area contributed by atoms with Crippen LogP contribution in [0.2, 0.25) is 0 Å². The Morgan fingerprint density at radius 1 is 0.173 bits per heavy atom. The Bertz CT molecular complexity index is 6970. The molecule has 0 unspecified atom stereocenters. The molecule has 0 radical (unpaired) electrons. The number of hydrogen-bond acceptors (Lipinski definition) is 2. The lowest BCUT2D eigenvalue weighted by Crippen LogP contribution is -2.19. The molecule has 4 aliphatic rings. The van der Waals surface area contributed by atoms with Crippen molar-refractivity contribution < 1.29 is 0 Å². The minimum atomic E-state index is -0.201. The lowest BCUT2D eigenvalue weighted by molar-refractivity contribution is 0.584. The van der Waals surface area contributed by atoms with Gasteiger partial charge in [-0.05, 0) is 334 Å². The molecule has 0 bridgehead atoms. The molecule has 0 saturated heterocycles. The summed E-state index contributed by atoms with van der Waals surface area (Å²) < 4.78 is 0. The highest BCUT2D eigenvalue weighted by Crippen LogP contribution is 2.59. The molecule has 0 saturated carbocycles. The first-order valence-electron chi connectivity index (χ1n) is 48.4. The van der Waals surface area contributed by atoms with Gasteiger partial charge in [-0.3, -0.25) is 0 Å². The van der Waals surface area contributed by atoms with Crippen LogP contribution in [0.15, 0.2) is 328 Å². The van der Waals surface area contributed by atoms with Gasteiger partial charge >= 0.3 is 0 Å². The van der Waals surface area contributed by atoms with Crippen molar-refractivity contribution in [2.24, 2.45) is 0 Å². The van der Waals surface area contributed by atoms with Gasteiger partial charge in [-0.25, -0.2) is 0 Å². The van der Waals surface area contributed by atoms with Crippen molar-refractivity contribution in [3.63, 3.8) is 0 Å². The summed E-state index contributed by atoms with van der Waals surface area (Å²) in [5.41, 5.74) is 53.8. The van der Waals surface area contributed by atoms with Crippen LogP contribution in [0.25, 0.3) is 111 Å². The van der Waals surface area contributed by atoms with Crippen molar-refractivity contribution in [2.45, 2.75) is 229 Å². The van der Waals surface area contributed by atoms with Crippen LogP contribution in [-0.4, -0.2) is 0 Å². The first-order chi connectivity index (χ1) is 62.8. The average molecular weight is 1730 g/mol. The van der Waals surface area contributed by atoms with E-state index in [1.165, 1.54) is 200 Å². The first-order valence-corrected chi connectivity index (χ1v) is 48.4. The fourth-order valence-electron chi connectivity index (χ4n) is 22.1. The van der Waals surface area contributed by atoms with Crippen molar-refractivity contribution in [2.75, 3.05) is 9.80 Å². The molecular formula is C131H132N2. The zero-order chi connectivity index (χ0) is 94.1. The van der Waals surface area contributed by atoms with Crippen LogP contribution in [0.5, 0.6) is 0 Å². The van der Waals surface area contributed by atoms with Crippen LogP contribution in [0, 0.1) is 20.8 Å². The van der Waals surface area contributed by atoms with Gasteiger partial charge in [0.25, 0.3) is 0 Å². The summed E-state index contributed by atoms with van der Waals surface area (Å²) >= 11 is 0. The minimum absolute atomic E-state index is 0.0691.